The van der Waals surface area contributed by atoms with Crippen LogP contribution in [0.5, 0.6) is 0 Å². The van der Waals surface area contributed by atoms with Gasteiger partial charge < -0.3 is 148 Å². The van der Waals surface area contributed by atoms with Gasteiger partial charge in [0, 0.05) is 13.1 Å². The summed E-state index contributed by atoms with van der Waals surface area (Å²) < 4.78 is 74.7. The summed E-state index contributed by atoms with van der Waals surface area (Å²) in [5, 5.41) is 194. The Labute approximate surface area is 569 Å². The highest BCUT2D eigenvalue weighted by atomic mass is 16.8. The Morgan fingerprint density at radius 1 is 0.313 bits per heavy atom. The van der Waals surface area contributed by atoms with E-state index >= 15 is 0 Å². The van der Waals surface area contributed by atoms with Crippen LogP contribution in [-0.2, 0) is 69.7 Å². The molecule has 30 atom stereocenters. The summed E-state index contributed by atoms with van der Waals surface area (Å²) >= 11 is 0. The van der Waals surface area contributed by atoms with Crippen LogP contribution >= 0.6 is 0 Å². The molecule has 548 valence electrons. The van der Waals surface area contributed by atoms with Gasteiger partial charge in [-0.15, -0.1) is 0 Å². The van der Waals surface area contributed by atoms with Crippen molar-refractivity contribution >= 4 is 32.3 Å². The molecule has 16 N–H and O–H groups in total. The van der Waals surface area contributed by atoms with Gasteiger partial charge in [0.1, 0.15) is 146 Å². The number of aliphatic hydroxyl groups excluding tert-OH is 16. The maximum atomic E-state index is 12.4. The van der Waals surface area contributed by atoms with E-state index < -0.39 is 211 Å². The number of hydrogen-bond donors (Lipinski definition) is 16. The fourth-order valence-corrected chi connectivity index (χ4v) is 15.5. The zero-order valence-electron chi connectivity index (χ0n) is 54.4. The monoisotopic (exact) mass is 1400 g/mol. The molecule has 13 saturated heterocycles. The van der Waals surface area contributed by atoms with Gasteiger partial charge in [-0.1, -0.05) is 84.9 Å². The van der Waals surface area contributed by atoms with Crippen molar-refractivity contribution in [2.45, 2.75) is 229 Å². The first-order valence-electron chi connectivity index (χ1n) is 34.5. The molecule has 99 heavy (non-hydrogen) atoms. The Morgan fingerprint density at radius 2 is 0.667 bits per heavy atom. The molecule has 12 unspecified atom stereocenters. The molecule has 13 fully saturated rings. The maximum absolute atomic E-state index is 12.4. The van der Waals surface area contributed by atoms with E-state index in [1.165, 1.54) is 10.8 Å². The van der Waals surface area contributed by atoms with E-state index in [2.05, 4.69) is 53.4 Å². The van der Waals surface area contributed by atoms with Crippen LogP contribution in [0, 0.1) is 0 Å². The van der Waals surface area contributed by atoms with Gasteiger partial charge in [-0.25, -0.2) is 0 Å². The first kappa shape index (κ1) is 73.3. The van der Waals surface area contributed by atoms with Crippen molar-refractivity contribution in [3.8, 4) is 0 Å². The van der Waals surface area contributed by atoms with Crippen molar-refractivity contribution < 1.29 is 139 Å². The Kier molecular flexibility index (Phi) is 23.8. The number of rotatable bonds is 13. The van der Waals surface area contributed by atoms with Crippen molar-refractivity contribution in [1.82, 2.24) is 9.80 Å². The highest BCUT2D eigenvalue weighted by Crippen LogP contribution is 2.41. The second kappa shape index (κ2) is 32.1. The van der Waals surface area contributed by atoms with Gasteiger partial charge in [-0.3, -0.25) is 0 Å². The first-order chi connectivity index (χ1) is 47.9. The Hall–Kier alpha value is -4.06. The minimum absolute atomic E-state index is 0.115. The van der Waals surface area contributed by atoms with Crippen molar-refractivity contribution in [3.05, 3.63) is 96.1 Å². The van der Waals surface area contributed by atoms with Gasteiger partial charge in [-0.05, 0) is 115 Å². The van der Waals surface area contributed by atoms with Crippen LogP contribution in [0.3, 0.4) is 0 Å². The predicted molar refractivity (Wildman–Crippen MR) is 342 cm³/mol. The molecule has 13 aliphatic heterocycles. The molecule has 18 rings (SSSR count). The van der Waals surface area contributed by atoms with E-state index in [0.29, 0.717) is 71.1 Å². The molecule has 5 aromatic rings. The van der Waals surface area contributed by atoms with E-state index in [4.69, 9.17) is 56.8 Å². The lowest BCUT2D eigenvalue weighted by Gasteiger charge is -2.51. The van der Waals surface area contributed by atoms with Crippen molar-refractivity contribution in [3.63, 3.8) is 0 Å². The molecule has 0 amide bonds. The van der Waals surface area contributed by atoms with E-state index in [0.717, 1.165) is 32.7 Å². The lowest BCUT2D eigenvalue weighted by molar-refractivity contribution is -0.403. The zero-order valence-corrected chi connectivity index (χ0v) is 54.4. The molecule has 12 bridgehead atoms. The lowest BCUT2D eigenvalue weighted by atomic mass is 9.90. The zero-order chi connectivity index (χ0) is 69.5. The van der Waals surface area contributed by atoms with Gasteiger partial charge >= 0.3 is 0 Å². The van der Waals surface area contributed by atoms with E-state index in [1.807, 2.05) is 41.3 Å². The molecule has 0 radical (unpaired) electrons. The predicted octanol–water partition coefficient (Wildman–Crippen LogP) is -4.09. The second-order valence-electron chi connectivity index (χ2n) is 27.4. The number of nitrogens with zero attached hydrogens (tertiary/aromatic N) is 2. The van der Waals surface area contributed by atoms with Crippen molar-refractivity contribution in [2.24, 2.45) is 0 Å². The van der Waals surface area contributed by atoms with Crippen LogP contribution in [0.4, 0.5) is 0 Å². The van der Waals surface area contributed by atoms with Crippen molar-refractivity contribution in [1.29, 1.82) is 0 Å². The number of fused-ring (bicyclic) bond motifs is 2. The molecule has 0 aliphatic carbocycles. The highest BCUT2D eigenvalue weighted by molar-refractivity contribution is 6.23. The number of benzene rings is 5. The van der Waals surface area contributed by atoms with Gasteiger partial charge in [0.15, 0.2) is 37.7 Å². The fraction of sp³-hybridized carbons (Fsp3) is 0.681. The molecule has 30 heteroatoms. The van der Waals surface area contributed by atoms with E-state index in [9.17, 15) is 81.7 Å². The molecular weight excluding hydrogens is 1300 g/mol. The highest BCUT2D eigenvalue weighted by Gasteiger charge is 2.59. The average Bonchev–Trinajstić information content (AvgIpc) is 0.770. The normalized spacial score (nSPS) is 42.6. The summed E-state index contributed by atoms with van der Waals surface area (Å²) in [7, 11) is 0. The minimum atomic E-state index is -2.12. The number of unbranched alkanes of at least 4 members (excludes halogenated alkanes) is 1. The third-order valence-corrected chi connectivity index (χ3v) is 21.0. The van der Waals surface area contributed by atoms with Crippen LogP contribution < -0.4 is 0 Å². The number of hydrogen-bond acceptors (Lipinski definition) is 30. The number of aryl methyl sites for hydroxylation is 2. The van der Waals surface area contributed by atoms with Gasteiger partial charge in [0.25, 0.3) is 0 Å². The second-order valence-corrected chi connectivity index (χ2v) is 27.4. The molecule has 13 aliphatic rings. The van der Waals surface area contributed by atoms with Crippen LogP contribution in [0.2, 0.25) is 0 Å². The topological polar surface area (TPSA) is 441 Å². The van der Waals surface area contributed by atoms with Crippen molar-refractivity contribution in [2.75, 3.05) is 65.7 Å². The summed E-state index contributed by atoms with van der Waals surface area (Å²) in [5.41, 5.74) is 2.20. The van der Waals surface area contributed by atoms with Gasteiger partial charge in [-0.2, -0.15) is 0 Å². The molecule has 0 aromatic heterocycles. The number of aliphatic hydroxyl groups is 16. The third-order valence-electron chi connectivity index (χ3n) is 21.0. The molecule has 0 spiro atoms. The van der Waals surface area contributed by atoms with E-state index in [1.54, 1.807) is 0 Å². The lowest BCUT2D eigenvalue weighted by Crippen LogP contribution is -2.69. The standard InChI is InChI=1S/C69H94N2O28/c72-28-40-60-50(80)56(86)68(92-40)99-63-43(31-75)91-67(55(85)49(63)79)95-59-39-27-71(25-9-12-32-10-2-1-3-11-32)24-7-6-23-70(22-5-4-13-33-16-17-36-19-18-34-14-8-15-35-20-21-37(33)45(36)44(34)35)26-38-58(46(76)52(82)64(88-38)96-60)94-66-54(84)48(78)62(42(30-74)90-66)98-69-57(87)51(81)61(41(29-73)93-69)97-65(89-39)53(83)47(59)77/h1-3,8,10-11,14-21,38-43,46-69,72-87H,4-7,9,12-13,22-31H2/t38-,39-,40-,41-,42-,43-,46?,47?,48?,49?,50?,51?,52?,53?,54?,55?,56?,57?,58-,59-,60-,61-,62-,63-,64-,65-,66-,67-,68-,69-/m1/s1. The van der Waals surface area contributed by atoms with Crippen LogP contribution in [0.15, 0.2) is 84.9 Å². The summed E-state index contributed by atoms with van der Waals surface area (Å²) in [4.78, 5) is 4.10. The van der Waals surface area contributed by atoms with Gasteiger partial charge in [0.05, 0.1) is 26.4 Å². The SMILES string of the molecule is OC[C@H]1O[C@@H]2O[C@H]3C(O)C(O)[C@@H]4O[C@@H]3CN(CCCc3ccccc3)CCCCN(CCCCc3ccc5ccc6cccc7ccc3c5c67)C[C@H]3O[C@H](O[C@H]5C(O)C(O)[C@H](O[C@@H]5CO)O[C@H]1C(O)C2O)C(O)C(O)[C@@H]3O[C@H]1O[C@H](CO)[C@@H](O[C@H]2O[C@H](CO)[C@@H](O4)C(O)C2O)C(O)C1O. The quantitative estimate of drug-likeness (QED) is 0.0394. The smallest absolute Gasteiger partial charge is 0.187 e. The summed E-state index contributed by atoms with van der Waals surface area (Å²) in [6, 6.07) is 28.8. The molecule has 0 saturated carbocycles. The summed E-state index contributed by atoms with van der Waals surface area (Å²) in [6.07, 6.45) is -52.5. The van der Waals surface area contributed by atoms with Crippen LogP contribution in [0.25, 0.3) is 32.3 Å². The Morgan fingerprint density at radius 3 is 1.08 bits per heavy atom. The van der Waals surface area contributed by atoms with E-state index in [-0.39, 0.29) is 13.1 Å². The number of ether oxygens (including phenoxy) is 12. The molecule has 5 aromatic carbocycles. The van der Waals surface area contributed by atoms with Crippen LogP contribution in [-0.4, -0.2) is 341 Å². The molecule has 30 nitrogen and oxygen atoms in total. The maximum Gasteiger partial charge on any atom is 0.187 e. The summed E-state index contributed by atoms with van der Waals surface area (Å²) in [6.45, 7) is -2.60. The van der Waals surface area contributed by atoms with Crippen LogP contribution in [0.1, 0.15) is 43.2 Å². The Bertz CT molecular complexity index is 3340. The molecule has 13 heterocycles. The first-order valence-corrected chi connectivity index (χ1v) is 34.5. The third kappa shape index (κ3) is 15.2. The fourth-order valence-electron chi connectivity index (χ4n) is 15.5. The average molecular weight is 1400 g/mol. The Balaban J connectivity index is 0.883. The minimum Gasteiger partial charge on any atom is -0.394 e. The largest absolute Gasteiger partial charge is 0.394 e. The molecular formula is C69H94N2O28. The van der Waals surface area contributed by atoms with Gasteiger partial charge in [0.2, 0.25) is 0 Å². The summed E-state index contributed by atoms with van der Waals surface area (Å²) in [5.74, 6) is 0.